The zero-order valence-electron chi connectivity index (χ0n) is 15.8. The number of benzene rings is 3. The van der Waals surface area contributed by atoms with Crippen molar-refractivity contribution < 1.29 is 0 Å². The van der Waals surface area contributed by atoms with Crippen molar-refractivity contribution in [3.8, 4) is 0 Å². The lowest BCUT2D eigenvalue weighted by Gasteiger charge is -2.38. The SMILES string of the molecule is Brc1cccc(/C=N\N2CCN(C(c3ccccc3)c3ccccc3)CC2)c1. The fourth-order valence-corrected chi connectivity index (χ4v) is 4.12. The molecule has 0 spiro atoms. The second kappa shape index (κ2) is 9.18. The summed E-state index contributed by atoms with van der Waals surface area (Å²) in [7, 11) is 0. The van der Waals surface area contributed by atoms with E-state index in [1.807, 2.05) is 18.3 Å². The first-order valence-electron chi connectivity index (χ1n) is 9.68. The minimum atomic E-state index is 0.290. The minimum Gasteiger partial charge on any atom is -0.294 e. The zero-order chi connectivity index (χ0) is 19.2. The highest BCUT2D eigenvalue weighted by Gasteiger charge is 2.25. The van der Waals surface area contributed by atoms with Crippen molar-refractivity contribution in [2.75, 3.05) is 26.2 Å². The Morgan fingerprint density at radius 2 is 1.36 bits per heavy atom. The van der Waals surface area contributed by atoms with E-state index >= 15 is 0 Å². The molecule has 3 aromatic rings. The van der Waals surface area contributed by atoms with E-state index in [1.165, 1.54) is 11.1 Å². The van der Waals surface area contributed by atoms with Gasteiger partial charge in [0.1, 0.15) is 0 Å². The molecule has 0 bridgehead atoms. The predicted octanol–water partition coefficient (Wildman–Crippen LogP) is 5.19. The Kier molecular flexibility index (Phi) is 6.20. The Hall–Kier alpha value is -2.43. The van der Waals surface area contributed by atoms with Gasteiger partial charge in [-0.2, -0.15) is 5.10 Å². The van der Waals surface area contributed by atoms with Crippen molar-refractivity contribution in [3.05, 3.63) is 106 Å². The van der Waals surface area contributed by atoms with Gasteiger partial charge in [0.25, 0.3) is 0 Å². The molecule has 0 saturated carbocycles. The van der Waals surface area contributed by atoms with E-state index in [1.54, 1.807) is 0 Å². The Labute approximate surface area is 175 Å². The van der Waals surface area contributed by atoms with Crippen molar-refractivity contribution in [1.82, 2.24) is 9.91 Å². The summed E-state index contributed by atoms with van der Waals surface area (Å²) in [5, 5.41) is 6.87. The fraction of sp³-hybridized carbons (Fsp3) is 0.208. The van der Waals surface area contributed by atoms with Gasteiger partial charge in [-0.05, 0) is 28.8 Å². The van der Waals surface area contributed by atoms with E-state index in [4.69, 9.17) is 5.10 Å². The van der Waals surface area contributed by atoms with E-state index in [0.29, 0.717) is 6.04 Å². The number of hydrazone groups is 1. The van der Waals surface area contributed by atoms with Crippen LogP contribution in [-0.2, 0) is 0 Å². The second-order valence-corrected chi connectivity index (χ2v) is 7.93. The lowest BCUT2D eigenvalue weighted by atomic mass is 9.96. The van der Waals surface area contributed by atoms with Crippen LogP contribution in [0, 0.1) is 0 Å². The largest absolute Gasteiger partial charge is 0.294 e. The summed E-state index contributed by atoms with van der Waals surface area (Å²) in [6, 6.07) is 30.1. The van der Waals surface area contributed by atoms with Crippen molar-refractivity contribution in [2.45, 2.75) is 6.04 Å². The van der Waals surface area contributed by atoms with Gasteiger partial charge < -0.3 is 0 Å². The smallest absolute Gasteiger partial charge is 0.0603 e. The molecular weight excluding hydrogens is 410 g/mol. The lowest BCUT2D eigenvalue weighted by Crippen LogP contribution is -2.45. The van der Waals surface area contributed by atoms with Crippen molar-refractivity contribution in [1.29, 1.82) is 0 Å². The molecule has 1 heterocycles. The zero-order valence-corrected chi connectivity index (χ0v) is 17.4. The fourth-order valence-electron chi connectivity index (χ4n) is 3.70. The average molecular weight is 434 g/mol. The molecule has 28 heavy (non-hydrogen) atoms. The first-order valence-corrected chi connectivity index (χ1v) is 10.5. The summed E-state index contributed by atoms with van der Waals surface area (Å²) in [6.07, 6.45) is 1.95. The Balaban J connectivity index is 1.46. The van der Waals surface area contributed by atoms with Crippen LogP contribution in [0.3, 0.4) is 0 Å². The standard InChI is InChI=1S/C24H24BrN3/c25-23-13-7-8-20(18-23)19-26-28-16-14-27(15-17-28)24(21-9-3-1-4-10-21)22-11-5-2-6-12-22/h1-13,18-19,24H,14-17H2/b26-19-. The van der Waals surface area contributed by atoms with Crippen LogP contribution in [0.25, 0.3) is 0 Å². The van der Waals surface area contributed by atoms with Crippen LogP contribution in [0.15, 0.2) is 94.5 Å². The molecule has 142 valence electrons. The third-order valence-corrected chi connectivity index (χ3v) is 5.60. The summed E-state index contributed by atoms with van der Waals surface area (Å²) in [5.41, 5.74) is 3.81. The van der Waals surface area contributed by atoms with Crippen molar-refractivity contribution in [2.24, 2.45) is 5.10 Å². The van der Waals surface area contributed by atoms with E-state index in [0.717, 1.165) is 36.2 Å². The topological polar surface area (TPSA) is 18.8 Å². The second-order valence-electron chi connectivity index (χ2n) is 7.01. The molecule has 1 aliphatic heterocycles. The van der Waals surface area contributed by atoms with E-state index in [-0.39, 0.29) is 0 Å². The maximum absolute atomic E-state index is 4.69. The van der Waals surface area contributed by atoms with Gasteiger partial charge in [0.2, 0.25) is 0 Å². The Morgan fingerprint density at radius 3 is 1.93 bits per heavy atom. The van der Waals surface area contributed by atoms with E-state index in [9.17, 15) is 0 Å². The highest BCUT2D eigenvalue weighted by atomic mass is 79.9. The van der Waals surface area contributed by atoms with Gasteiger partial charge in [-0.15, -0.1) is 0 Å². The van der Waals surface area contributed by atoms with Gasteiger partial charge >= 0.3 is 0 Å². The molecule has 0 N–H and O–H groups in total. The minimum absolute atomic E-state index is 0.290. The molecule has 0 radical (unpaired) electrons. The number of hydrogen-bond acceptors (Lipinski definition) is 3. The number of hydrogen-bond donors (Lipinski definition) is 0. The van der Waals surface area contributed by atoms with Gasteiger partial charge in [-0.1, -0.05) is 88.7 Å². The lowest BCUT2D eigenvalue weighted by molar-refractivity contribution is 0.113. The van der Waals surface area contributed by atoms with Crippen LogP contribution in [-0.4, -0.2) is 42.3 Å². The first kappa shape index (κ1) is 18.9. The van der Waals surface area contributed by atoms with Crippen molar-refractivity contribution >= 4 is 22.1 Å². The van der Waals surface area contributed by atoms with Crippen molar-refractivity contribution in [3.63, 3.8) is 0 Å². The highest BCUT2D eigenvalue weighted by Crippen LogP contribution is 2.29. The van der Waals surface area contributed by atoms with Crippen LogP contribution < -0.4 is 0 Å². The molecule has 1 saturated heterocycles. The van der Waals surface area contributed by atoms with Gasteiger partial charge in [0, 0.05) is 30.7 Å². The van der Waals surface area contributed by atoms with E-state index < -0.39 is 0 Å². The molecule has 0 aliphatic carbocycles. The average Bonchev–Trinajstić information content (AvgIpc) is 2.75. The van der Waals surface area contributed by atoms with Crippen LogP contribution in [0.2, 0.25) is 0 Å². The molecule has 3 nitrogen and oxygen atoms in total. The molecule has 3 aromatic carbocycles. The highest BCUT2D eigenvalue weighted by molar-refractivity contribution is 9.10. The quantitative estimate of drug-likeness (QED) is 0.515. The summed E-state index contributed by atoms with van der Waals surface area (Å²) in [6.45, 7) is 3.84. The van der Waals surface area contributed by atoms with Crippen LogP contribution >= 0.6 is 15.9 Å². The molecule has 1 aliphatic rings. The maximum Gasteiger partial charge on any atom is 0.0603 e. The van der Waals surface area contributed by atoms with Gasteiger partial charge in [-0.25, -0.2) is 0 Å². The number of rotatable bonds is 5. The molecule has 0 unspecified atom stereocenters. The summed E-state index contributed by atoms with van der Waals surface area (Å²) >= 11 is 3.51. The third kappa shape index (κ3) is 4.70. The van der Waals surface area contributed by atoms with Gasteiger partial charge in [-0.3, -0.25) is 9.91 Å². The molecule has 1 fully saturated rings. The predicted molar refractivity (Wildman–Crippen MR) is 120 cm³/mol. The van der Waals surface area contributed by atoms with Crippen LogP contribution in [0.5, 0.6) is 0 Å². The number of halogens is 1. The molecular formula is C24H24BrN3. The monoisotopic (exact) mass is 433 g/mol. The molecule has 0 amide bonds. The molecule has 0 atom stereocenters. The molecule has 4 heteroatoms. The normalized spacial score (nSPS) is 15.4. The number of nitrogens with zero attached hydrogens (tertiary/aromatic N) is 3. The van der Waals surface area contributed by atoms with Crippen LogP contribution in [0.4, 0.5) is 0 Å². The van der Waals surface area contributed by atoms with Gasteiger partial charge in [0.05, 0.1) is 12.3 Å². The Morgan fingerprint density at radius 1 is 0.750 bits per heavy atom. The van der Waals surface area contributed by atoms with Crippen LogP contribution in [0.1, 0.15) is 22.7 Å². The Bertz CT molecular complexity index is 864. The first-order chi connectivity index (χ1) is 13.8. The molecule has 0 aromatic heterocycles. The number of piperazine rings is 1. The molecule has 4 rings (SSSR count). The summed E-state index contributed by atoms with van der Waals surface area (Å²) in [4.78, 5) is 2.57. The maximum atomic E-state index is 4.69. The summed E-state index contributed by atoms with van der Waals surface area (Å²) < 4.78 is 1.08. The third-order valence-electron chi connectivity index (χ3n) is 5.11. The summed E-state index contributed by atoms with van der Waals surface area (Å²) in [5.74, 6) is 0. The van der Waals surface area contributed by atoms with E-state index in [2.05, 4.69) is 98.6 Å². The van der Waals surface area contributed by atoms with Gasteiger partial charge in [0.15, 0.2) is 0 Å².